The summed E-state index contributed by atoms with van der Waals surface area (Å²) in [7, 11) is 0. The third-order valence-electron chi connectivity index (χ3n) is 4.63. The quantitative estimate of drug-likeness (QED) is 0.759. The van der Waals surface area contributed by atoms with E-state index in [1.54, 1.807) is 11.3 Å². The molecule has 1 aliphatic rings. The van der Waals surface area contributed by atoms with Gasteiger partial charge in [-0.05, 0) is 56.6 Å². The Morgan fingerprint density at radius 3 is 2.68 bits per heavy atom. The number of likely N-dealkylation sites (tertiary alicyclic amines) is 1. The van der Waals surface area contributed by atoms with Crippen LogP contribution in [0, 0.1) is 6.92 Å². The topological polar surface area (TPSA) is 45.2 Å². The van der Waals surface area contributed by atoms with Crippen molar-refractivity contribution in [3.05, 3.63) is 59.1 Å². The minimum absolute atomic E-state index is 0.0358. The maximum absolute atomic E-state index is 13.1. The van der Waals surface area contributed by atoms with E-state index < -0.39 is 0 Å². The molecule has 1 saturated heterocycles. The molecule has 1 aromatic heterocycles. The Labute approximate surface area is 151 Å². The van der Waals surface area contributed by atoms with Gasteiger partial charge >= 0.3 is 0 Å². The van der Waals surface area contributed by atoms with Crippen molar-refractivity contribution in [2.24, 2.45) is 0 Å². The molecule has 4 nitrogen and oxygen atoms in total. The summed E-state index contributed by atoms with van der Waals surface area (Å²) in [5.41, 5.74) is 2.87. The van der Waals surface area contributed by atoms with Crippen molar-refractivity contribution in [3.8, 4) is 0 Å². The molecule has 128 valence electrons. The van der Waals surface area contributed by atoms with Crippen LogP contribution in [0.15, 0.2) is 48.5 Å². The van der Waals surface area contributed by atoms with Crippen molar-refractivity contribution in [1.82, 2.24) is 9.88 Å². The van der Waals surface area contributed by atoms with E-state index in [-0.39, 0.29) is 11.9 Å². The van der Waals surface area contributed by atoms with Gasteiger partial charge in [-0.1, -0.05) is 30.3 Å². The Balaban J connectivity index is 1.60. The van der Waals surface area contributed by atoms with E-state index in [4.69, 9.17) is 0 Å². The molecule has 2 heterocycles. The first kappa shape index (κ1) is 16.2. The van der Waals surface area contributed by atoms with Crippen molar-refractivity contribution in [1.29, 1.82) is 0 Å². The van der Waals surface area contributed by atoms with Crippen LogP contribution in [0.4, 0.5) is 5.69 Å². The molecule has 25 heavy (non-hydrogen) atoms. The summed E-state index contributed by atoms with van der Waals surface area (Å²) in [6.07, 6.45) is 2.31. The van der Waals surface area contributed by atoms with E-state index in [1.807, 2.05) is 55.5 Å². The molecule has 1 fully saturated rings. The van der Waals surface area contributed by atoms with Crippen LogP contribution in [0.1, 0.15) is 29.5 Å². The molecule has 1 atom stereocenters. The lowest BCUT2D eigenvalue weighted by Gasteiger charge is -2.27. The first-order chi connectivity index (χ1) is 12.2. The summed E-state index contributed by atoms with van der Waals surface area (Å²) in [5, 5.41) is 4.16. The van der Waals surface area contributed by atoms with Gasteiger partial charge in [-0.25, -0.2) is 4.98 Å². The third kappa shape index (κ3) is 3.43. The van der Waals surface area contributed by atoms with E-state index in [9.17, 15) is 4.79 Å². The zero-order valence-corrected chi connectivity index (χ0v) is 15.1. The number of nitrogens with one attached hydrogen (secondary N) is 1. The predicted octanol–water partition coefficient (Wildman–Crippen LogP) is 4.38. The summed E-state index contributed by atoms with van der Waals surface area (Å²) in [6, 6.07) is 15.8. The van der Waals surface area contributed by atoms with Crippen molar-refractivity contribution >= 4 is 33.1 Å². The maximum atomic E-state index is 13.1. The number of carbonyl (C=O) groups excluding carboxylic acids is 1. The smallest absolute Gasteiger partial charge is 0.246 e. The summed E-state index contributed by atoms with van der Waals surface area (Å²) in [5.74, 6) is 0.0358. The van der Waals surface area contributed by atoms with Crippen LogP contribution in [-0.2, 0) is 4.79 Å². The lowest BCUT2D eigenvalue weighted by molar-refractivity contribution is -0.121. The Kier molecular flexibility index (Phi) is 4.51. The number of amides is 1. The van der Waals surface area contributed by atoms with Gasteiger partial charge in [0.15, 0.2) is 0 Å². The van der Waals surface area contributed by atoms with Gasteiger partial charge in [-0.2, -0.15) is 0 Å². The zero-order chi connectivity index (χ0) is 17.2. The number of thiazole rings is 1. The highest BCUT2D eigenvalue weighted by Crippen LogP contribution is 2.28. The second-order valence-corrected chi connectivity index (χ2v) is 7.70. The van der Waals surface area contributed by atoms with Gasteiger partial charge in [0.25, 0.3) is 0 Å². The van der Waals surface area contributed by atoms with Crippen LogP contribution in [-0.4, -0.2) is 28.9 Å². The summed E-state index contributed by atoms with van der Waals surface area (Å²) < 4.78 is 1.10. The lowest BCUT2D eigenvalue weighted by atomic mass is 10.0. The molecule has 0 radical (unpaired) electrons. The number of aromatic nitrogens is 1. The molecule has 4 rings (SSSR count). The highest BCUT2D eigenvalue weighted by molar-refractivity contribution is 7.18. The van der Waals surface area contributed by atoms with Gasteiger partial charge in [-0.15, -0.1) is 11.3 Å². The van der Waals surface area contributed by atoms with Crippen LogP contribution >= 0.6 is 11.3 Å². The van der Waals surface area contributed by atoms with Crippen molar-refractivity contribution in [3.63, 3.8) is 0 Å². The van der Waals surface area contributed by atoms with Gasteiger partial charge in [-0.3, -0.25) is 9.69 Å². The van der Waals surface area contributed by atoms with E-state index in [1.165, 1.54) is 0 Å². The van der Waals surface area contributed by atoms with Crippen molar-refractivity contribution in [2.75, 3.05) is 18.4 Å². The Morgan fingerprint density at radius 2 is 1.92 bits per heavy atom. The number of benzene rings is 2. The van der Waals surface area contributed by atoms with Gasteiger partial charge in [0.1, 0.15) is 6.04 Å². The lowest BCUT2D eigenvalue weighted by Crippen LogP contribution is -2.35. The third-order valence-corrected chi connectivity index (χ3v) is 5.57. The Morgan fingerprint density at radius 1 is 1.16 bits per heavy atom. The summed E-state index contributed by atoms with van der Waals surface area (Å²) in [4.78, 5) is 19.8. The van der Waals surface area contributed by atoms with Crippen LogP contribution in [0.3, 0.4) is 0 Å². The zero-order valence-electron chi connectivity index (χ0n) is 14.2. The number of hydrogen-bond acceptors (Lipinski definition) is 4. The Hall–Kier alpha value is -2.24. The average molecular weight is 351 g/mol. The molecule has 5 heteroatoms. The minimum atomic E-state index is -0.234. The second kappa shape index (κ2) is 6.94. The summed E-state index contributed by atoms with van der Waals surface area (Å²) in [6.45, 7) is 3.95. The number of aryl methyl sites for hydroxylation is 1. The number of fused-ring (bicyclic) bond motifs is 1. The standard InChI is InChI=1S/C20H21N3OS/c1-14-21-17-10-9-16(13-18(17)25-14)22-20(24)19(23-11-5-6-12-23)15-7-3-2-4-8-15/h2-4,7-10,13,19H,5-6,11-12H2,1H3,(H,22,24). The molecular weight excluding hydrogens is 330 g/mol. The fourth-order valence-corrected chi connectivity index (χ4v) is 4.36. The fourth-order valence-electron chi connectivity index (χ4n) is 3.49. The SMILES string of the molecule is Cc1nc2ccc(NC(=O)C(c3ccccc3)N3CCCC3)cc2s1. The monoisotopic (exact) mass is 351 g/mol. The van der Waals surface area contributed by atoms with Gasteiger partial charge in [0.2, 0.25) is 5.91 Å². The molecule has 0 spiro atoms. The second-order valence-electron chi connectivity index (χ2n) is 6.46. The number of rotatable bonds is 4. The largest absolute Gasteiger partial charge is 0.324 e. The first-order valence-corrected chi connectivity index (χ1v) is 9.49. The first-order valence-electron chi connectivity index (χ1n) is 8.68. The number of hydrogen-bond donors (Lipinski definition) is 1. The number of anilines is 1. The minimum Gasteiger partial charge on any atom is -0.324 e. The van der Waals surface area contributed by atoms with E-state index in [2.05, 4.69) is 15.2 Å². The average Bonchev–Trinajstić information content (AvgIpc) is 3.24. The molecule has 0 saturated carbocycles. The highest BCUT2D eigenvalue weighted by Gasteiger charge is 2.29. The molecule has 0 aliphatic carbocycles. The molecular formula is C20H21N3OS. The van der Waals surface area contributed by atoms with Gasteiger partial charge in [0, 0.05) is 5.69 Å². The van der Waals surface area contributed by atoms with Crippen LogP contribution in [0.25, 0.3) is 10.2 Å². The number of carbonyl (C=O) groups is 1. The molecule has 2 aromatic carbocycles. The normalized spacial score (nSPS) is 16.2. The van der Waals surface area contributed by atoms with Crippen molar-refractivity contribution < 1.29 is 4.79 Å². The molecule has 0 bridgehead atoms. The van der Waals surface area contributed by atoms with E-state index in [0.29, 0.717) is 0 Å². The van der Waals surface area contributed by atoms with E-state index >= 15 is 0 Å². The van der Waals surface area contributed by atoms with Gasteiger partial charge < -0.3 is 5.32 Å². The fraction of sp³-hybridized carbons (Fsp3) is 0.300. The van der Waals surface area contributed by atoms with Gasteiger partial charge in [0.05, 0.1) is 15.2 Å². The molecule has 1 unspecified atom stereocenters. The molecule has 1 aliphatic heterocycles. The van der Waals surface area contributed by atoms with E-state index in [0.717, 1.165) is 52.4 Å². The number of nitrogens with zero attached hydrogens (tertiary/aromatic N) is 2. The predicted molar refractivity (Wildman–Crippen MR) is 103 cm³/mol. The van der Waals surface area contributed by atoms with Crippen LogP contribution in [0.5, 0.6) is 0 Å². The molecule has 1 N–H and O–H groups in total. The van der Waals surface area contributed by atoms with Crippen LogP contribution < -0.4 is 5.32 Å². The molecule has 3 aromatic rings. The Bertz CT molecular complexity index is 884. The maximum Gasteiger partial charge on any atom is 0.246 e. The molecule has 1 amide bonds. The highest BCUT2D eigenvalue weighted by atomic mass is 32.1. The van der Waals surface area contributed by atoms with Crippen molar-refractivity contribution in [2.45, 2.75) is 25.8 Å². The van der Waals surface area contributed by atoms with Crippen LogP contribution in [0.2, 0.25) is 0 Å². The summed E-state index contributed by atoms with van der Waals surface area (Å²) >= 11 is 1.65.